The summed E-state index contributed by atoms with van der Waals surface area (Å²) < 4.78 is 3.83. The molecule has 0 aromatic carbocycles. The molecule has 2 heteroatoms. The monoisotopic (exact) mass is 238 g/mol. The summed E-state index contributed by atoms with van der Waals surface area (Å²) in [7, 11) is 0. The molecule has 0 spiro atoms. The van der Waals surface area contributed by atoms with Gasteiger partial charge in [-0.3, -0.25) is 0 Å². The third-order valence-corrected chi connectivity index (χ3v) is 16.5. The Kier molecular flexibility index (Phi) is 7.69. The van der Waals surface area contributed by atoms with E-state index in [1.165, 1.54) is 0 Å². The van der Waals surface area contributed by atoms with Crippen molar-refractivity contribution in [1.82, 2.24) is 0 Å². The Hall–Kier alpha value is 0.674. The molecule has 0 aromatic heterocycles. The van der Waals surface area contributed by atoms with Crippen molar-refractivity contribution in [2.75, 3.05) is 0 Å². The smallest absolute Gasteiger partial charge is 0.412 e. The van der Waals surface area contributed by atoms with Gasteiger partial charge in [-0.25, -0.2) is 0 Å². The molecule has 0 aromatic rings. The molecule has 0 rings (SSSR count). The Morgan fingerprint density at radius 2 is 0.643 bits per heavy atom. The van der Waals surface area contributed by atoms with Gasteiger partial charge in [0.25, 0.3) is 0 Å². The Bertz CT molecular complexity index is 113. The average Bonchev–Trinajstić information content (AvgIpc) is 1.82. The Balaban J connectivity index is 0. The quantitative estimate of drug-likeness (QED) is 0.639. The molecule has 0 aliphatic carbocycles. The zero-order valence-corrected chi connectivity index (χ0v) is 12.9. The van der Waals surface area contributed by atoms with Crippen LogP contribution in [-0.2, 0) is 16.6 Å². The van der Waals surface area contributed by atoms with Crippen molar-refractivity contribution in [2.24, 2.45) is 0 Å². The van der Waals surface area contributed by atoms with Crippen molar-refractivity contribution in [3.8, 4) is 0 Å². The van der Waals surface area contributed by atoms with Crippen molar-refractivity contribution < 1.29 is 22.1 Å². The summed E-state index contributed by atoms with van der Waals surface area (Å²) in [6.45, 7) is 19.7. The molecule has 14 heavy (non-hydrogen) atoms. The topological polar surface area (TPSA) is 31.5 Å². The minimum absolute atomic E-state index is 0. The van der Waals surface area contributed by atoms with E-state index in [0.717, 1.165) is 16.9 Å². The van der Waals surface area contributed by atoms with Gasteiger partial charge in [-0.2, -0.15) is 0 Å². The molecule has 0 amide bonds. The maximum absolute atomic E-state index is 2.46. The van der Waals surface area contributed by atoms with Crippen LogP contribution < -0.4 is 0 Å². The van der Waals surface area contributed by atoms with Crippen molar-refractivity contribution >= 4 is 0 Å². The molecule has 0 heterocycles. The Morgan fingerprint density at radius 3 is 0.643 bits per heavy atom. The van der Waals surface area contributed by atoms with Gasteiger partial charge in [0.1, 0.15) is 0 Å². The van der Waals surface area contributed by atoms with E-state index in [1.54, 1.807) is 0 Å². The molecular weight excluding hydrogens is 208 g/mol. The van der Waals surface area contributed by atoms with Gasteiger partial charge in [0.15, 0.2) is 0 Å². The van der Waals surface area contributed by atoms with Crippen molar-refractivity contribution in [3.63, 3.8) is 0 Å². The van der Waals surface area contributed by atoms with Crippen LogP contribution in [0.2, 0.25) is 16.9 Å². The molecule has 0 fully saturated rings. The normalized spacial score (nSPS) is 12.9. The van der Waals surface area contributed by atoms with Crippen molar-refractivity contribution in [3.05, 3.63) is 0 Å². The number of hydrogen-bond donors (Lipinski definition) is 0. The van der Waals surface area contributed by atoms with Gasteiger partial charge in [0.05, 0.1) is 0 Å². The van der Waals surface area contributed by atoms with Crippen LogP contribution in [0.4, 0.5) is 0 Å². The largest absolute Gasteiger partial charge is 0.412 e. The summed E-state index contributed by atoms with van der Waals surface area (Å²) in [5, 5.41) is 0. The van der Waals surface area contributed by atoms with E-state index in [-0.39, 0.29) is 5.48 Å². The van der Waals surface area contributed by atoms with Gasteiger partial charge in [-0.05, 0) is 0 Å². The summed E-state index contributed by atoms with van der Waals surface area (Å²) >= 11 is -1.67. The van der Waals surface area contributed by atoms with Crippen molar-refractivity contribution in [1.29, 1.82) is 0 Å². The first kappa shape index (κ1) is 17.1. The predicted octanol–water partition coefficient (Wildman–Crippen LogP) is 4.63. The molecule has 0 saturated carbocycles. The fraction of sp³-hybridized carbons (Fsp3) is 1.00. The van der Waals surface area contributed by atoms with Gasteiger partial charge in [-0.15, -0.1) is 0 Å². The maximum Gasteiger partial charge on any atom is -0.412 e. The zero-order chi connectivity index (χ0) is 10.8. The third-order valence-electron chi connectivity index (χ3n) is 4.00. The van der Waals surface area contributed by atoms with E-state index in [1.807, 2.05) is 0 Å². The average molecular weight is 238 g/mol. The molecule has 0 unspecified atom stereocenters. The first-order valence-corrected chi connectivity index (χ1v) is 9.38. The SMILES string of the molecule is C[CH](C)[Ti]([CH](C)C)([CH](C)C)[CH](C)C.O. The van der Waals surface area contributed by atoms with E-state index >= 15 is 0 Å². The molecule has 0 atom stereocenters. The van der Waals surface area contributed by atoms with Crippen molar-refractivity contribution in [2.45, 2.75) is 72.3 Å². The molecule has 0 radical (unpaired) electrons. The van der Waals surface area contributed by atoms with E-state index in [9.17, 15) is 0 Å². The van der Waals surface area contributed by atoms with Crippen LogP contribution in [0.1, 0.15) is 55.4 Å². The maximum atomic E-state index is 2.46. The van der Waals surface area contributed by atoms with E-state index in [4.69, 9.17) is 0 Å². The molecule has 0 aliphatic rings. The molecule has 2 N–H and O–H groups in total. The van der Waals surface area contributed by atoms with Gasteiger partial charge >= 0.3 is 88.9 Å². The first-order valence-electron chi connectivity index (χ1n) is 5.77. The second-order valence-electron chi connectivity index (χ2n) is 5.62. The van der Waals surface area contributed by atoms with Gasteiger partial charge < -0.3 is 5.48 Å². The van der Waals surface area contributed by atoms with E-state index < -0.39 is 16.6 Å². The predicted molar refractivity (Wildman–Crippen MR) is 64.0 cm³/mol. The molecule has 0 saturated heterocycles. The zero-order valence-electron chi connectivity index (χ0n) is 11.3. The van der Waals surface area contributed by atoms with Gasteiger partial charge in [0.2, 0.25) is 0 Å². The van der Waals surface area contributed by atoms with Crippen LogP contribution >= 0.6 is 0 Å². The van der Waals surface area contributed by atoms with Crippen LogP contribution in [-0.4, -0.2) is 5.48 Å². The molecule has 0 bridgehead atoms. The van der Waals surface area contributed by atoms with Crippen LogP contribution in [0.15, 0.2) is 0 Å². The van der Waals surface area contributed by atoms with E-state index in [0.29, 0.717) is 0 Å². The Morgan fingerprint density at radius 1 is 0.500 bits per heavy atom. The third kappa shape index (κ3) is 2.84. The van der Waals surface area contributed by atoms with Crippen LogP contribution in [0.25, 0.3) is 0 Å². The van der Waals surface area contributed by atoms with Gasteiger partial charge in [-0.1, -0.05) is 0 Å². The second-order valence-corrected chi connectivity index (χ2v) is 16.0. The summed E-state index contributed by atoms with van der Waals surface area (Å²) in [5.41, 5.74) is 0. The minimum atomic E-state index is -1.67. The Labute approximate surface area is 94.3 Å². The van der Waals surface area contributed by atoms with E-state index in [2.05, 4.69) is 55.4 Å². The summed E-state index contributed by atoms with van der Waals surface area (Å²) in [5.74, 6) is 0. The molecule has 0 aliphatic heterocycles. The fourth-order valence-corrected chi connectivity index (χ4v) is 16.5. The molecule has 88 valence electrons. The summed E-state index contributed by atoms with van der Waals surface area (Å²) in [6.07, 6.45) is 0. The minimum Gasteiger partial charge on any atom is -0.412 e. The van der Waals surface area contributed by atoms with Crippen LogP contribution in [0.5, 0.6) is 0 Å². The summed E-state index contributed by atoms with van der Waals surface area (Å²) in [6, 6.07) is 0. The second kappa shape index (κ2) is 6.30. The van der Waals surface area contributed by atoms with Gasteiger partial charge in [0, 0.05) is 0 Å². The fourth-order valence-electron chi connectivity index (χ4n) is 4.00. The van der Waals surface area contributed by atoms with Crippen LogP contribution in [0, 0.1) is 0 Å². The van der Waals surface area contributed by atoms with Crippen LogP contribution in [0.3, 0.4) is 0 Å². The number of rotatable bonds is 4. The first-order chi connectivity index (χ1) is 5.77. The summed E-state index contributed by atoms with van der Waals surface area (Å²) in [4.78, 5) is 0. The molecule has 1 nitrogen and oxygen atoms in total. The number of hydrogen-bond acceptors (Lipinski definition) is 0. The molecular formula is C12H30OTi. The standard InChI is InChI=1S/4C3H7.H2O.Ti/c4*1-3-2;;/h4*3H,1-2H3;1H2;.